The van der Waals surface area contributed by atoms with Crippen molar-refractivity contribution in [3.05, 3.63) is 52.9 Å². The number of rotatable bonds is 7. The highest BCUT2D eigenvalue weighted by Crippen LogP contribution is 2.30. The molecule has 1 aliphatic heterocycles. The second kappa shape index (κ2) is 10.9. The number of nitrogens with zero attached hydrogens (tertiary/aromatic N) is 4. The number of H-pyrrole nitrogens is 1. The third-order valence-corrected chi connectivity index (χ3v) is 7.56. The Labute approximate surface area is 215 Å². The normalized spacial score (nSPS) is 21.4. The molecule has 2 fully saturated rings. The molecule has 0 atom stereocenters. The number of hydrogen-bond acceptors (Lipinski definition) is 7. The summed E-state index contributed by atoms with van der Waals surface area (Å²) in [6.07, 6.45) is 6.78. The van der Waals surface area contributed by atoms with Gasteiger partial charge < -0.3 is 20.5 Å². The molecule has 5 rings (SSSR count). The summed E-state index contributed by atoms with van der Waals surface area (Å²) < 4.78 is 0. The fourth-order valence-electron chi connectivity index (χ4n) is 5.10. The van der Waals surface area contributed by atoms with E-state index in [9.17, 15) is 9.59 Å². The lowest BCUT2D eigenvalue weighted by Gasteiger charge is -2.33. The number of benzene rings is 1. The summed E-state index contributed by atoms with van der Waals surface area (Å²) in [6.45, 7) is 4.36. The fraction of sp³-hybridized carbons (Fsp3) is 0.462. The molecular weight excluding hydrogens is 478 g/mol. The van der Waals surface area contributed by atoms with Gasteiger partial charge in [-0.15, -0.1) is 0 Å². The molecule has 0 spiro atoms. The lowest BCUT2D eigenvalue weighted by molar-refractivity contribution is -0.123. The number of piperazine rings is 1. The molecule has 2 aliphatic rings. The van der Waals surface area contributed by atoms with E-state index in [1.54, 1.807) is 30.5 Å². The van der Waals surface area contributed by atoms with E-state index in [4.69, 9.17) is 11.6 Å². The van der Waals surface area contributed by atoms with Gasteiger partial charge in [0.2, 0.25) is 5.91 Å². The molecule has 0 bridgehead atoms. The maximum atomic E-state index is 13.3. The van der Waals surface area contributed by atoms with Crippen LogP contribution in [-0.2, 0) is 4.79 Å². The average Bonchev–Trinajstić information content (AvgIpc) is 3.32. The van der Waals surface area contributed by atoms with Crippen LogP contribution in [0.3, 0.4) is 0 Å². The maximum absolute atomic E-state index is 13.3. The number of carbonyl (C=O) groups excluding carboxylic acids is 2. The van der Waals surface area contributed by atoms with Crippen LogP contribution in [0.2, 0.25) is 5.02 Å². The topological polar surface area (TPSA) is 106 Å². The minimum atomic E-state index is -0.170. The minimum Gasteiger partial charge on any atom is -0.367 e. The number of amides is 1. The number of aromatic amines is 1. The third kappa shape index (κ3) is 5.53. The summed E-state index contributed by atoms with van der Waals surface area (Å²) in [4.78, 5) is 42.2. The van der Waals surface area contributed by atoms with Gasteiger partial charge in [0.15, 0.2) is 5.78 Å². The Morgan fingerprint density at radius 1 is 1.03 bits per heavy atom. The first-order chi connectivity index (χ1) is 17.5. The Kier molecular flexibility index (Phi) is 7.50. The monoisotopic (exact) mass is 509 g/mol. The van der Waals surface area contributed by atoms with Gasteiger partial charge in [-0.3, -0.25) is 14.5 Å². The predicted octanol–water partition coefficient (Wildman–Crippen LogP) is 2.93. The number of halogens is 1. The van der Waals surface area contributed by atoms with Gasteiger partial charge in [-0.1, -0.05) is 23.7 Å². The molecule has 10 heteroatoms. The molecule has 2 aromatic heterocycles. The van der Waals surface area contributed by atoms with Crippen molar-refractivity contribution in [1.82, 2.24) is 30.1 Å². The van der Waals surface area contributed by atoms with Crippen LogP contribution in [-0.4, -0.2) is 88.3 Å². The maximum Gasteiger partial charge on any atom is 0.234 e. The molecule has 3 N–H and O–H groups in total. The number of hydrogen-bond donors (Lipinski definition) is 3. The molecule has 1 aliphatic carbocycles. The summed E-state index contributed by atoms with van der Waals surface area (Å²) in [7, 11) is 2.12. The van der Waals surface area contributed by atoms with Crippen molar-refractivity contribution in [3.63, 3.8) is 0 Å². The van der Waals surface area contributed by atoms with Crippen LogP contribution in [0.25, 0.3) is 11.0 Å². The van der Waals surface area contributed by atoms with Gasteiger partial charge >= 0.3 is 0 Å². The van der Waals surface area contributed by atoms with Gasteiger partial charge in [0.1, 0.15) is 17.8 Å². The second-order valence-electron chi connectivity index (χ2n) is 9.80. The molecule has 3 heterocycles. The van der Waals surface area contributed by atoms with Crippen LogP contribution >= 0.6 is 11.6 Å². The Morgan fingerprint density at radius 2 is 1.75 bits per heavy atom. The molecular formula is C26H32ClN7O2. The predicted molar refractivity (Wildman–Crippen MR) is 141 cm³/mol. The van der Waals surface area contributed by atoms with E-state index >= 15 is 0 Å². The standard InChI is InChI=1S/C26H32ClN7O2/c1-33-10-12-34(13-11-33)15-22(35)31-17-6-8-18(9-7-17)32-26-23-20(14-28-25(23)29-16-30-26)24(36)19-4-2-3-5-21(19)27/h2-5,14,16-18H,6-13,15H2,1H3,(H,31,35)(H2,28,29,30,32). The van der Waals surface area contributed by atoms with E-state index in [0.29, 0.717) is 39.5 Å². The van der Waals surface area contributed by atoms with Crippen molar-refractivity contribution in [2.75, 3.05) is 45.1 Å². The van der Waals surface area contributed by atoms with Gasteiger partial charge in [-0.05, 0) is 44.9 Å². The summed E-state index contributed by atoms with van der Waals surface area (Å²) in [5.74, 6) is 0.583. The van der Waals surface area contributed by atoms with Crippen molar-refractivity contribution in [1.29, 1.82) is 0 Å². The summed E-state index contributed by atoms with van der Waals surface area (Å²) >= 11 is 6.28. The second-order valence-corrected chi connectivity index (χ2v) is 10.2. The van der Waals surface area contributed by atoms with Gasteiger partial charge in [0.25, 0.3) is 0 Å². The van der Waals surface area contributed by atoms with Crippen LogP contribution in [0.4, 0.5) is 5.82 Å². The van der Waals surface area contributed by atoms with E-state index in [-0.39, 0.29) is 23.8 Å². The Balaban J connectivity index is 1.20. The van der Waals surface area contributed by atoms with E-state index in [2.05, 4.69) is 42.4 Å². The first-order valence-electron chi connectivity index (χ1n) is 12.6. The minimum absolute atomic E-state index is 0.114. The quantitative estimate of drug-likeness (QED) is 0.420. The van der Waals surface area contributed by atoms with E-state index in [1.165, 1.54) is 6.33 Å². The molecule has 36 heavy (non-hydrogen) atoms. The van der Waals surface area contributed by atoms with Crippen LogP contribution < -0.4 is 10.6 Å². The summed E-state index contributed by atoms with van der Waals surface area (Å²) in [5, 5.41) is 7.84. The molecule has 0 radical (unpaired) electrons. The van der Waals surface area contributed by atoms with Crippen LogP contribution in [0, 0.1) is 0 Å². The largest absolute Gasteiger partial charge is 0.367 e. The van der Waals surface area contributed by atoms with Crippen molar-refractivity contribution in [2.24, 2.45) is 0 Å². The molecule has 1 saturated carbocycles. The fourth-order valence-corrected chi connectivity index (χ4v) is 5.32. The van der Waals surface area contributed by atoms with Gasteiger partial charge in [0, 0.05) is 50.0 Å². The third-order valence-electron chi connectivity index (χ3n) is 7.23. The number of aromatic nitrogens is 3. The number of nitrogens with one attached hydrogen (secondary N) is 3. The summed E-state index contributed by atoms with van der Waals surface area (Å²) in [5.41, 5.74) is 1.54. The molecule has 1 aromatic carbocycles. The van der Waals surface area contributed by atoms with E-state index in [0.717, 1.165) is 51.9 Å². The van der Waals surface area contributed by atoms with Crippen LogP contribution in [0.5, 0.6) is 0 Å². The van der Waals surface area contributed by atoms with E-state index < -0.39 is 0 Å². The zero-order chi connectivity index (χ0) is 25.1. The summed E-state index contributed by atoms with van der Waals surface area (Å²) in [6, 6.07) is 7.42. The first-order valence-corrected chi connectivity index (χ1v) is 12.9. The first kappa shape index (κ1) is 24.7. The molecule has 9 nitrogen and oxygen atoms in total. The van der Waals surface area contributed by atoms with Crippen molar-refractivity contribution in [3.8, 4) is 0 Å². The Bertz CT molecular complexity index is 1230. The van der Waals surface area contributed by atoms with Gasteiger partial charge in [-0.2, -0.15) is 0 Å². The number of likely N-dealkylation sites (N-methyl/N-ethyl adjacent to an activating group) is 1. The van der Waals surface area contributed by atoms with Gasteiger partial charge in [-0.25, -0.2) is 9.97 Å². The molecule has 3 aromatic rings. The lowest BCUT2D eigenvalue weighted by atomic mass is 9.91. The number of ketones is 1. The van der Waals surface area contributed by atoms with Crippen LogP contribution in [0.1, 0.15) is 41.6 Å². The van der Waals surface area contributed by atoms with Crippen molar-refractivity contribution < 1.29 is 9.59 Å². The molecule has 190 valence electrons. The SMILES string of the molecule is CN1CCN(CC(=O)NC2CCC(Nc3ncnc4[nH]cc(C(=O)c5ccccc5Cl)c34)CC2)CC1. The number of carbonyl (C=O) groups is 2. The van der Waals surface area contributed by atoms with Crippen molar-refractivity contribution >= 4 is 40.1 Å². The van der Waals surface area contributed by atoms with Crippen LogP contribution in [0.15, 0.2) is 36.8 Å². The lowest BCUT2D eigenvalue weighted by Crippen LogP contribution is -2.50. The molecule has 0 unspecified atom stereocenters. The Hall–Kier alpha value is -3.01. The smallest absolute Gasteiger partial charge is 0.234 e. The average molecular weight is 510 g/mol. The highest BCUT2D eigenvalue weighted by atomic mass is 35.5. The zero-order valence-electron chi connectivity index (χ0n) is 20.5. The molecule has 1 amide bonds. The van der Waals surface area contributed by atoms with Crippen molar-refractivity contribution in [2.45, 2.75) is 37.8 Å². The number of fused-ring (bicyclic) bond motifs is 1. The van der Waals surface area contributed by atoms with Gasteiger partial charge in [0.05, 0.1) is 22.5 Å². The molecule has 1 saturated heterocycles. The highest BCUT2D eigenvalue weighted by molar-refractivity contribution is 6.35. The Morgan fingerprint density at radius 3 is 2.50 bits per heavy atom. The highest BCUT2D eigenvalue weighted by Gasteiger charge is 2.26. The number of anilines is 1. The zero-order valence-corrected chi connectivity index (χ0v) is 21.2. The van der Waals surface area contributed by atoms with E-state index in [1.807, 2.05) is 0 Å².